The van der Waals surface area contributed by atoms with E-state index in [9.17, 15) is 52.7 Å². The largest absolute Gasteiger partial charge is 0.416 e. The van der Waals surface area contributed by atoms with Gasteiger partial charge in [0, 0.05) is 0 Å². The van der Waals surface area contributed by atoms with Crippen molar-refractivity contribution in [3.05, 3.63) is 101 Å². The Morgan fingerprint density at radius 3 is 1.08 bits per heavy atom. The molecular formula is C26H13F12P. The molecule has 4 aromatic carbocycles. The molecule has 206 valence electrons. The van der Waals surface area contributed by atoms with Crippen LogP contribution in [0.1, 0.15) is 22.3 Å². The maximum absolute atomic E-state index is 13.6. The maximum Gasteiger partial charge on any atom is 0.416 e. The van der Waals surface area contributed by atoms with Crippen molar-refractivity contribution in [2.24, 2.45) is 0 Å². The molecule has 13 heteroatoms. The van der Waals surface area contributed by atoms with E-state index in [1.165, 1.54) is 24.3 Å². The third-order valence-electron chi connectivity index (χ3n) is 5.65. The topological polar surface area (TPSA) is 0 Å². The van der Waals surface area contributed by atoms with Gasteiger partial charge in [-0.1, -0.05) is 36.4 Å². The molecule has 0 fully saturated rings. The second-order valence-corrected chi connectivity index (χ2v) is 10.6. The first-order valence-electron chi connectivity index (χ1n) is 10.7. The van der Waals surface area contributed by atoms with E-state index in [-0.39, 0.29) is 17.4 Å². The van der Waals surface area contributed by atoms with Crippen LogP contribution in [-0.4, -0.2) is 0 Å². The lowest BCUT2D eigenvalue weighted by Crippen LogP contribution is -2.26. The highest BCUT2D eigenvalue weighted by Crippen LogP contribution is 2.43. The Morgan fingerprint density at radius 1 is 0.359 bits per heavy atom. The summed E-state index contributed by atoms with van der Waals surface area (Å²) in [6, 6.07) is 11.3. The lowest BCUT2D eigenvalue weighted by Gasteiger charge is -2.24. The number of hydrogen-bond acceptors (Lipinski definition) is 0. The van der Waals surface area contributed by atoms with Crippen LogP contribution >= 0.6 is 7.92 Å². The van der Waals surface area contributed by atoms with Crippen LogP contribution in [0, 0.1) is 0 Å². The Labute approximate surface area is 213 Å². The number of benzene rings is 4. The quantitative estimate of drug-likeness (QED) is 0.167. The lowest BCUT2D eigenvalue weighted by atomic mass is 10.1. The Morgan fingerprint density at radius 2 is 0.718 bits per heavy atom. The molecular weight excluding hydrogens is 571 g/mol. The van der Waals surface area contributed by atoms with Crippen molar-refractivity contribution in [1.82, 2.24) is 0 Å². The van der Waals surface area contributed by atoms with Crippen LogP contribution in [0.4, 0.5) is 52.7 Å². The Balaban J connectivity index is 2.10. The van der Waals surface area contributed by atoms with Crippen molar-refractivity contribution in [3.63, 3.8) is 0 Å². The zero-order valence-electron chi connectivity index (χ0n) is 19.0. The summed E-state index contributed by atoms with van der Waals surface area (Å²) in [7, 11) is -2.77. The Bertz CT molecular complexity index is 1370. The van der Waals surface area contributed by atoms with Gasteiger partial charge >= 0.3 is 24.7 Å². The van der Waals surface area contributed by atoms with Crippen LogP contribution in [0.5, 0.6) is 0 Å². The average Bonchev–Trinajstić information content (AvgIpc) is 2.81. The molecule has 0 nitrogen and oxygen atoms in total. The van der Waals surface area contributed by atoms with Gasteiger partial charge in [0.25, 0.3) is 0 Å². The summed E-state index contributed by atoms with van der Waals surface area (Å²) in [4.78, 5) is 0. The monoisotopic (exact) mass is 584 g/mol. The Kier molecular flexibility index (Phi) is 7.17. The van der Waals surface area contributed by atoms with Gasteiger partial charge in [-0.2, -0.15) is 52.7 Å². The van der Waals surface area contributed by atoms with Gasteiger partial charge in [0.15, 0.2) is 0 Å². The number of fused-ring (bicyclic) bond motifs is 1. The number of halogens is 12. The summed E-state index contributed by atoms with van der Waals surface area (Å²) in [5.41, 5.74) is -6.99. The number of rotatable bonds is 3. The molecule has 0 atom stereocenters. The smallest absolute Gasteiger partial charge is 0.166 e. The van der Waals surface area contributed by atoms with Gasteiger partial charge in [-0.05, 0) is 77.1 Å². The molecule has 4 rings (SSSR count). The van der Waals surface area contributed by atoms with Gasteiger partial charge in [-0.25, -0.2) is 0 Å². The van der Waals surface area contributed by atoms with E-state index in [0.717, 1.165) is 0 Å². The fourth-order valence-electron chi connectivity index (χ4n) is 3.90. The minimum atomic E-state index is -5.29. The van der Waals surface area contributed by atoms with Crippen LogP contribution in [0.3, 0.4) is 0 Å². The zero-order valence-corrected chi connectivity index (χ0v) is 19.9. The number of hydrogen-bond donors (Lipinski definition) is 0. The molecule has 0 aliphatic carbocycles. The van der Waals surface area contributed by atoms with Gasteiger partial charge in [0.05, 0.1) is 22.3 Å². The van der Waals surface area contributed by atoms with Crippen LogP contribution in [0.15, 0.2) is 78.9 Å². The third kappa shape index (κ3) is 6.32. The highest BCUT2D eigenvalue weighted by molar-refractivity contribution is 7.79. The molecule has 0 radical (unpaired) electrons. The highest BCUT2D eigenvalue weighted by atomic mass is 31.1. The molecule has 0 aliphatic rings. The average molecular weight is 584 g/mol. The van der Waals surface area contributed by atoms with Crippen molar-refractivity contribution in [3.8, 4) is 0 Å². The van der Waals surface area contributed by atoms with E-state index in [1.807, 2.05) is 0 Å². The van der Waals surface area contributed by atoms with Crippen molar-refractivity contribution >= 4 is 34.6 Å². The summed E-state index contributed by atoms with van der Waals surface area (Å²) in [5, 5.41) is -0.502. The van der Waals surface area contributed by atoms with Crippen molar-refractivity contribution in [2.75, 3.05) is 0 Å². The molecule has 0 N–H and O–H groups in total. The second kappa shape index (κ2) is 9.73. The normalized spacial score (nSPS) is 13.4. The standard InChI is InChI=1S/C26H13F12P/c27-23(28,29)16-8-17(24(30,31)32)11-21(10-16)39(20-6-5-14-3-1-2-4-15(14)7-20)22-12-18(25(33,34)35)9-19(13-22)26(36,37)38/h1-13H. The molecule has 0 amide bonds. The SMILES string of the molecule is FC(F)(F)c1cc(P(c2cc(C(F)(F)F)cc(C(F)(F)F)c2)c2ccc3ccccc3c2)cc(C(F)(F)F)c1. The zero-order chi connectivity index (χ0) is 29.0. The predicted molar refractivity (Wildman–Crippen MR) is 123 cm³/mol. The first kappa shape index (κ1) is 28.7. The van der Waals surface area contributed by atoms with Gasteiger partial charge < -0.3 is 0 Å². The molecule has 0 saturated carbocycles. The van der Waals surface area contributed by atoms with Gasteiger partial charge in [-0.15, -0.1) is 0 Å². The fourth-order valence-corrected chi connectivity index (χ4v) is 6.36. The molecule has 0 bridgehead atoms. The predicted octanol–water partition coefficient (Wildman–Crippen LogP) is 8.67. The van der Waals surface area contributed by atoms with Gasteiger partial charge in [0.2, 0.25) is 0 Å². The van der Waals surface area contributed by atoms with E-state index in [1.54, 1.807) is 18.2 Å². The Hall–Kier alpha value is -3.27. The summed E-state index contributed by atoms with van der Waals surface area (Å²) in [6.07, 6.45) is -21.1. The van der Waals surface area contributed by atoms with Crippen LogP contribution in [0.25, 0.3) is 10.8 Å². The maximum atomic E-state index is 13.6. The lowest BCUT2D eigenvalue weighted by molar-refractivity contribution is -0.144. The molecule has 0 heterocycles. The van der Waals surface area contributed by atoms with E-state index in [2.05, 4.69) is 0 Å². The minimum absolute atomic E-state index is 0.0522. The highest BCUT2D eigenvalue weighted by Gasteiger charge is 2.40. The van der Waals surface area contributed by atoms with E-state index in [4.69, 9.17) is 0 Å². The van der Waals surface area contributed by atoms with E-state index < -0.39 is 65.5 Å². The first-order valence-corrected chi connectivity index (χ1v) is 12.1. The molecule has 4 aromatic rings. The van der Waals surface area contributed by atoms with Gasteiger partial charge in [-0.3, -0.25) is 0 Å². The van der Waals surface area contributed by atoms with Crippen molar-refractivity contribution in [2.45, 2.75) is 24.7 Å². The molecule has 0 spiro atoms. The number of alkyl halides is 12. The molecule has 0 saturated heterocycles. The fraction of sp³-hybridized carbons (Fsp3) is 0.154. The van der Waals surface area contributed by atoms with Crippen molar-refractivity contribution < 1.29 is 52.7 Å². The second-order valence-electron chi connectivity index (χ2n) is 8.40. The van der Waals surface area contributed by atoms with Crippen LogP contribution in [-0.2, 0) is 24.7 Å². The van der Waals surface area contributed by atoms with E-state index in [0.29, 0.717) is 35.0 Å². The molecule has 39 heavy (non-hydrogen) atoms. The molecule has 0 aromatic heterocycles. The summed E-state index contributed by atoms with van der Waals surface area (Å²) < 4.78 is 163. The van der Waals surface area contributed by atoms with Gasteiger partial charge in [0.1, 0.15) is 0 Å². The third-order valence-corrected chi connectivity index (χ3v) is 8.00. The van der Waals surface area contributed by atoms with Crippen LogP contribution in [0.2, 0.25) is 0 Å². The van der Waals surface area contributed by atoms with Crippen LogP contribution < -0.4 is 15.9 Å². The van der Waals surface area contributed by atoms with Crippen molar-refractivity contribution in [1.29, 1.82) is 0 Å². The van der Waals surface area contributed by atoms with E-state index >= 15 is 0 Å². The summed E-state index contributed by atoms with van der Waals surface area (Å²) in [6.45, 7) is 0. The molecule has 0 unspecified atom stereocenters. The molecule has 0 aliphatic heterocycles. The minimum Gasteiger partial charge on any atom is -0.166 e. The first-order chi connectivity index (χ1) is 17.8. The summed E-state index contributed by atoms with van der Waals surface area (Å²) in [5.74, 6) is 0. The summed E-state index contributed by atoms with van der Waals surface area (Å²) >= 11 is 0.